The highest BCUT2D eigenvalue weighted by Gasteiger charge is 2.44. The van der Waals surface area contributed by atoms with Crippen LogP contribution in [-0.2, 0) is 73.4 Å². The number of likely N-dealkylation sites (N-methyl/N-ethyl adjacent to an activating group) is 1. The number of phenols is 1. The number of rotatable bonds is 45. The van der Waals surface area contributed by atoms with Crippen molar-refractivity contribution in [2.45, 2.75) is 177 Å². The second kappa shape index (κ2) is 44.5. The number of aliphatic hydroxyl groups excluding tert-OH is 1. The fourth-order valence-electron chi connectivity index (χ4n) is 10.8. The maximum Gasteiger partial charge on any atom is 0.303 e. The molecule has 30 heteroatoms. The third kappa shape index (κ3) is 29.9. The first-order chi connectivity index (χ1) is 48.0. The molecule has 570 valence electrons. The molecule has 3 rings (SSSR count). The van der Waals surface area contributed by atoms with Crippen LogP contribution in [-0.4, -0.2) is 221 Å². The molecule has 8 atom stereocenters. The minimum Gasteiger partial charge on any atom is -0.506 e. The number of aliphatic hydroxyl groups is 1. The summed E-state index contributed by atoms with van der Waals surface area (Å²) in [7, 11) is 7.60. The van der Waals surface area contributed by atoms with Crippen molar-refractivity contribution in [2.75, 3.05) is 97.8 Å². The van der Waals surface area contributed by atoms with Gasteiger partial charge in [-0.3, -0.25) is 57.5 Å². The molecule has 1 aromatic heterocycles. The number of esters is 1. The Morgan fingerprint density at radius 3 is 2.01 bits per heavy atom. The largest absolute Gasteiger partial charge is 0.506 e. The summed E-state index contributed by atoms with van der Waals surface area (Å²) >= 11 is 3.68. The standard InChI is InChI=1S/C72H112N10O17S3/c1-17-20-52(76-69(95)57-43-102-70(78-57)61(99-50(10)84)39-58(46(5)6)79(13)71(96)55(47(7)18-2)38-62(88)72(11,12)82(14,15)16)35-51-22-23-59(86)56(36-51)77-67(93)48(8)40-74-68(94)54(45(3)4)37-60(87)49(9)75-64(90)42-81-66(92)26-34-101-44-100-33-25-65(91)80(81)41-63(89)73-27-31-98-30-24-53(85)21-19-29-97-32-28-83/h22-23,25-26,33-34,36,43,45-49,52,54-55,58,61,83H,17-21,24,27-32,35,37-42,44H2,1-16H3,(H5-,73,74,75,76,77,86,89,90,93,94,95)/p+1/t47-,48?,49?,52-,54?,55-,58+,61+/m0/s1. The number of carbonyl (C=O) groups is 12. The van der Waals surface area contributed by atoms with Crippen molar-refractivity contribution in [1.82, 2.24) is 41.2 Å². The Bertz CT molecular complexity index is 3210. The monoisotopic (exact) mass is 1490 g/mol. The van der Waals surface area contributed by atoms with Crippen LogP contribution in [0.1, 0.15) is 168 Å². The second-order valence-electron chi connectivity index (χ2n) is 27.9. The molecule has 1 aliphatic rings. The molecule has 3 unspecified atom stereocenters. The normalized spacial score (nSPS) is 15.4. The van der Waals surface area contributed by atoms with Crippen LogP contribution < -0.4 is 26.6 Å². The average Bonchev–Trinajstić information content (AvgIpc) is 1.11. The van der Waals surface area contributed by atoms with Gasteiger partial charge in [-0.05, 0) is 86.3 Å². The van der Waals surface area contributed by atoms with E-state index in [-0.39, 0.29) is 124 Å². The molecule has 0 radical (unpaired) electrons. The number of hydrogen-bond acceptors (Lipinski definition) is 21. The Kier molecular flexibility index (Phi) is 38.9. The van der Waals surface area contributed by atoms with E-state index in [4.69, 9.17) is 19.3 Å². The Morgan fingerprint density at radius 2 is 1.42 bits per heavy atom. The van der Waals surface area contributed by atoms with Gasteiger partial charge in [-0.15, -0.1) is 34.9 Å². The number of benzene rings is 1. The number of ether oxygens (including phenoxy) is 3. The fourth-order valence-corrected chi connectivity index (χ4v) is 13.0. The van der Waals surface area contributed by atoms with E-state index in [2.05, 4.69) is 31.6 Å². The van der Waals surface area contributed by atoms with Crippen LogP contribution in [0.25, 0.3) is 0 Å². The maximum absolute atomic E-state index is 14.5. The molecule has 0 saturated heterocycles. The Balaban J connectivity index is 1.66. The molecule has 2 heterocycles. The fraction of sp³-hybridized carbons (Fsp3) is 0.653. The van der Waals surface area contributed by atoms with Crippen molar-refractivity contribution in [3.8, 4) is 5.75 Å². The molecule has 0 bridgehead atoms. The zero-order chi connectivity index (χ0) is 76.6. The van der Waals surface area contributed by atoms with E-state index in [1.54, 1.807) is 50.2 Å². The lowest BCUT2D eigenvalue weighted by molar-refractivity contribution is -0.908. The summed E-state index contributed by atoms with van der Waals surface area (Å²) in [5.74, 6) is -9.18. The van der Waals surface area contributed by atoms with E-state index in [1.165, 1.54) is 54.3 Å². The number of hydrazine groups is 1. The summed E-state index contributed by atoms with van der Waals surface area (Å²) in [5, 5.41) is 40.5. The van der Waals surface area contributed by atoms with Crippen LogP contribution in [0.2, 0.25) is 0 Å². The molecule has 1 aromatic carbocycles. The van der Waals surface area contributed by atoms with Crippen LogP contribution in [0.15, 0.2) is 46.5 Å². The van der Waals surface area contributed by atoms with Crippen molar-refractivity contribution in [1.29, 1.82) is 0 Å². The number of thiazole rings is 1. The number of aromatic hydroxyl groups is 1. The number of anilines is 1. The van der Waals surface area contributed by atoms with Gasteiger partial charge in [-0.2, -0.15) is 0 Å². The van der Waals surface area contributed by atoms with Gasteiger partial charge in [0.1, 0.15) is 35.3 Å². The lowest BCUT2D eigenvalue weighted by Crippen LogP contribution is -2.58. The van der Waals surface area contributed by atoms with Gasteiger partial charge in [-0.25, -0.2) is 15.0 Å². The van der Waals surface area contributed by atoms with Gasteiger partial charge in [0.15, 0.2) is 23.2 Å². The van der Waals surface area contributed by atoms with E-state index in [0.717, 1.165) is 33.5 Å². The molecule has 0 aliphatic carbocycles. The zero-order valence-corrected chi connectivity index (χ0v) is 65.0. The lowest BCUT2D eigenvalue weighted by Gasteiger charge is -2.41. The number of aromatic nitrogens is 1. The summed E-state index contributed by atoms with van der Waals surface area (Å²) in [6.45, 7) is 20.4. The molecule has 0 fully saturated rings. The third-order valence-electron chi connectivity index (χ3n) is 18.3. The lowest BCUT2D eigenvalue weighted by atomic mass is 9.80. The predicted molar refractivity (Wildman–Crippen MR) is 394 cm³/mol. The van der Waals surface area contributed by atoms with Crippen molar-refractivity contribution < 1.29 is 86.4 Å². The van der Waals surface area contributed by atoms with Crippen LogP contribution in [0, 0.1) is 35.5 Å². The summed E-state index contributed by atoms with van der Waals surface area (Å²) in [6, 6.07) is 2.63. The molecular formula is C72H113N10O17S3+. The highest BCUT2D eigenvalue weighted by molar-refractivity contribution is 8.18. The number of amides is 8. The molecule has 0 saturated carbocycles. The highest BCUT2D eigenvalue weighted by Crippen LogP contribution is 2.34. The molecule has 102 heavy (non-hydrogen) atoms. The van der Waals surface area contributed by atoms with Gasteiger partial charge in [0.2, 0.25) is 29.5 Å². The van der Waals surface area contributed by atoms with Crippen LogP contribution >= 0.6 is 34.9 Å². The number of hydrogen-bond donors (Lipinski definition) is 7. The average molecular weight is 1490 g/mol. The number of quaternary nitrogens is 1. The number of nitrogens with zero attached hydrogens (tertiary/aromatic N) is 5. The van der Waals surface area contributed by atoms with Gasteiger partial charge < -0.3 is 60.4 Å². The van der Waals surface area contributed by atoms with E-state index >= 15 is 0 Å². The first kappa shape index (κ1) is 89.1. The predicted octanol–water partition coefficient (Wildman–Crippen LogP) is 6.92. The number of ketones is 3. The minimum atomic E-state index is -1.18. The van der Waals surface area contributed by atoms with Crippen molar-refractivity contribution in [2.24, 2.45) is 35.5 Å². The SMILES string of the molecule is CCC[C@@H](Cc1ccc(O)c(NC(=O)C(C)CNC(=O)C(CC(=O)C(C)NC(=O)CN2C(=O)C=CSCSC=CC(=O)N2CC(=O)NCCOCCC(=O)CCCOCCO)C(C)C)c1)NC(=O)c1csc([C@@H](C[C@H](C(C)C)N(C)C(=O)[C@@H](CC(=O)C(C)(C)[N+](C)(C)C)[C@@H](C)CC)OC(C)=O)n1. The summed E-state index contributed by atoms with van der Waals surface area (Å²) < 4.78 is 16.9. The van der Waals surface area contributed by atoms with E-state index in [0.29, 0.717) is 52.4 Å². The number of carbonyl (C=O) groups excluding carboxylic acids is 12. The van der Waals surface area contributed by atoms with Gasteiger partial charge >= 0.3 is 5.97 Å². The first-order valence-electron chi connectivity index (χ1n) is 35.0. The number of Topliss-reactive ketones (excluding diaryl/α,β-unsaturated/α-hetero) is 3. The Hall–Kier alpha value is -7.09. The van der Waals surface area contributed by atoms with Crippen LogP contribution in [0.3, 0.4) is 0 Å². The van der Waals surface area contributed by atoms with Crippen molar-refractivity contribution >= 4 is 111 Å². The minimum absolute atomic E-state index is 0.000420. The summed E-state index contributed by atoms with van der Waals surface area (Å²) in [6.07, 6.45) is 4.48. The zero-order valence-electron chi connectivity index (χ0n) is 62.5. The maximum atomic E-state index is 14.5. The van der Waals surface area contributed by atoms with Gasteiger partial charge in [0, 0.05) is 112 Å². The Morgan fingerprint density at radius 1 is 0.784 bits per heavy atom. The molecule has 7 N–H and O–H groups in total. The summed E-state index contributed by atoms with van der Waals surface area (Å²) in [5.41, 5.74) is 0.101. The number of nitrogens with one attached hydrogen (secondary N) is 5. The van der Waals surface area contributed by atoms with Crippen molar-refractivity contribution in [3.63, 3.8) is 0 Å². The molecular weight excluding hydrogens is 1370 g/mol. The van der Waals surface area contributed by atoms with Crippen molar-refractivity contribution in [3.05, 3.63) is 62.8 Å². The molecule has 2 aromatic rings. The van der Waals surface area contributed by atoms with Crippen LogP contribution in [0.5, 0.6) is 5.75 Å². The van der Waals surface area contributed by atoms with E-state index in [9.17, 15) is 62.6 Å². The van der Waals surface area contributed by atoms with Gasteiger partial charge in [0.05, 0.1) is 65.2 Å². The van der Waals surface area contributed by atoms with Gasteiger partial charge in [0.25, 0.3) is 17.7 Å². The Labute approximate surface area is 614 Å². The van der Waals surface area contributed by atoms with E-state index in [1.807, 2.05) is 69.6 Å². The first-order valence-corrected chi connectivity index (χ1v) is 38.0. The molecule has 27 nitrogen and oxygen atoms in total. The third-order valence-corrected chi connectivity index (χ3v) is 20.9. The topological polar surface area (TPSA) is 356 Å². The van der Waals surface area contributed by atoms with Gasteiger partial charge in [-0.1, -0.05) is 74.3 Å². The van der Waals surface area contributed by atoms with Crippen LogP contribution in [0.4, 0.5) is 5.69 Å². The quantitative estimate of drug-likeness (QED) is 0.0153. The van der Waals surface area contributed by atoms with E-state index < -0.39 is 120 Å². The molecule has 1 aliphatic heterocycles. The summed E-state index contributed by atoms with van der Waals surface area (Å²) in [4.78, 5) is 169. The number of thioether (sulfide) groups is 2. The highest BCUT2D eigenvalue weighted by atomic mass is 32.2. The molecule has 0 spiro atoms. The number of phenolic OH excluding ortho intramolecular Hbond substituents is 1. The smallest absolute Gasteiger partial charge is 0.303 e. The molecule has 8 amide bonds. The second-order valence-corrected chi connectivity index (χ2v) is 30.9.